The third-order valence-corrected chi connectivity index (χ3v) is 15.2. The number of rotatable bonds is 5. The Balaban J connectivity index is 0.987. The molecule has 0 bridgehead atoms. The summed E-state index contributed by atoms with van der Waals surface area (Å²) in [5, 5.41) is 7.11. The fourth-order valence-corrected chi connectivity index (χ4v) is 12.4. The Bertz CT molecular complexity index is 4120. The van der Waals surface area contributed by atoms with E-state index in [1.165, 1.54) is 77.1 Å². The smallest absolute Gasteiger partial charge is 0.136 e. The number of nitrogens with zero attached hydrogens (tertiary/aromatic N) is 2. The van der Waals surface area contributed by atoms with Gasteiger partial charge in [0.2, 0.25) is 0 Å². The zero-order valence-corrected chi connectivity index (χ0v) is 37.2. The van der Waals surface area contributed by atoms with Crippen molar-refractivity contribution in [3.63, 3.8) is 0 Å². The number of para-hydroxylation sites is 3. The van der Waals surface area contributed by atoms with Gasteiger partial charge in [-0.1, -0.05) is 158 Å². The van der Waals surface area contributed by atoms with Crippen LogP contribution in [0.5, 0.6) is 0 Å². The first-order chi connectivity index (χ1) is 33.7. The molecule has 0 N–H and O–H groups in total. The fourth-order valence-electron chi connectivity index (χ4n) is 12.4. The molecule has 3 nitrogen and oxygen atoms in total. The van der Waals surface area contributed by atoms with Crippen molar-refractivity contribution < 1.29 is 4.42 Å². The number of aromatic nitrogens is 1. The van der Waals surface area contributed by atoms with Gasteiger partial charge < -0.3 is 13.9 Å². The van der Waals surface area contributed by atoms with Gasteiger partial charge in [0.05, 0.1) is 22.1 Å². The molecule has 1 spiro atoms. The molecular weight excluding hydrogens is 825 g/mol. The highest BCUT2D eigenvalue weighted by Gasteiger charge is 2.53. The summed E-state index contributed by atoms with van der Waals surface area (Å²) in [5.41, 5.74) is 21.2. The average molecular weight is 867 g/mol. The largest absolute Gasteiger partial charge is 0.456 e. The second kappa shape index (κ2) is 14.2. The van der Waals surface area contributed by atoms with Gasteiger partial charge in [-0.25, -0.2) is 0 Å². The van der Waals surface area contributed by atoms with E-state index in [1.807, 2.05) is 0 Å². The van der Waals surface area contributed by atoms with Crippen LogP contribution >= 0.6 is 0 Å². The third kappa shape index (κ3) is 5.13. The minimum Gasteiger partial charge on any atom is -0.456 e. The number of allylic oxidation sites excluding steroid dienone is 4. The summed E-state index contributed by atoms with van der Waals surface area (Å²) in [6.45, 7) is 0. The molecule has 10 aromatic carbocycles. The summed E-state index contributed by atoms with van der Waals surface area (Å²) in [7, 11) is 0. The Kier molecular flexibility index (Phi) is 7.83. The van der Waals surface area contributed by atoms with Gasteiger partial charge in [-0.05, 0) is 147 Å². The highest BCUT2D eigenvalue weighted by molar-refractivity contribution is 6.12. The predicted octanol–water partition coefficient (Wildman–Crippen LogP) is 17.4. The number of hydrogen-bond acceptors (Lipinski definition) is 2. The number of furan rings is 1. The molecular formula is C65H42N2O. The van der Waals surface area contributed by atoms with Crippen molar-refractivity contribution in [2.24, 2.45) is 0 Å². The van der Waals surface area contributed by atoms with Crippen LogP contribution in [0.15, 0.2) is 241 Å². The molecule has 68 heavy (non-hydrogen) atoms. The lowest BCUT2D eigenvalue weighted by Gasteiger charge is -2.33. The zero-order valence-electron chi connectivity index (χ0n) is 37.2. The second-order valence-electron chi connectivity index (χ2n) is 18.6. The molecule has 0 aliphatic heterocycles. The van der Waals surface area contributed by atoms with E-state index in [1.54, 1.807) is 0 Å². The highest BCUT2D eigenvalue weighted by Crippen LogP contribution is 2.65. The number of fused-ring (bicyclic) bond motifs is 17. The zero-order chi connectivity index (χ0) is 44.5. The summed E-state index contributed by atoms with van der Waals surface area (Å²) in [4.78, 5) is 2.50. The van der Waals surface area contributed by atoms with Crippen molar-refractivity contribution >= 4 is 77.2 Å². The molecule has 2 aromatic heterocycles. The molecule has 3 aliphatic rings. The van der Waals surface area contributed by atoms with Gasteiger partial charge in [-0.3, -0.25) is 0 Å². The van der Waals surface area contributed by atoms with Gasteiger partial charge in [0.15, 0.2) is 0 Å². The summed E-state index contributed by atoms with van der Waals surface area (Å²) in [6, 6.07) is 80.9. The van der Waals surface area contributed by atoms with Crippen molar-refractivity contribution in [1.82, 2.24) is 4.57 Å². The molecule has 0 amide bonds. The van der Waals surface area contributed by atoms with Crippen LogP contribution in [-0.4, -0.2) is 4.57 Å². The molecule has 0 radical (unpaired) electrons. The molecule has 1 unspecified atom stereocenters. The van der Waals surface area contributed by atoms with E-state index < -0.39 is 5.41 Å². The average Bonchev–Trinajstić information content (AvgIpc) is 4.11. The summed E-state index contributed by atoms with van der Waals surface area (Å²) in [5.74, 6) is 0. The summed E-state index contributed by atoms with van der Waals surface area (Å²) < 4.78 is 8.96. The molecule has 0 fully saturated rings. The Hall–Kier alpha value is -8.66. The second-order valence-corrected chi connectivity index (χ2v) is 18.6. The van der Waals surface area contributed by atoms with Crippen molar-refractivity contribution in [1.29, 1.82) is 0 Å². The number of anilines is 3. The molecule has 12 aromatic rings. The molecule has 3 heteroatoms. The van der Waals surface area contributed by atoms with E-state index in [0.717, 1.165) is 68.7 Å². The molecule has 15 rings (SSSR count). The summed E-state index contributed by atoms with van der Waals surface area (Å²) >= 11 is 0. The fraction of sp³-hybridized carbons (Fsp3) is 0.0462. The van der Waals surface area contributed by atoms with Gasteiger partial charge >= 0.3 is 0 Å². The van der Waals surface area contributed by atoms with E-state index in [9.17, 15) is 0 Å². The van der Waals surface area contributed by atoms with E-state index in [0.29, 0.717) is 0 Å². The first kappa shape index (κ1) is 37.5. The van der Waals surface area contributed by atoms with Gasteiger partial charge in [0, 0.05) is 44.2 Å². The standard InChI is InChI=1S/C65H42N2O/c1-2-17-42-38-64-55(36-41(42)16-1)54-37-43(32-35-63(54)68-64)47-20-6-12-29-60(47)66(44-18-15-19-45(39-44)67-61-30-13-7-24-52(61)53-25-8-14-31-62(53)67)46-33-34-51-50-23-5-11-28-58(50)65(59(51)40-46)56-26-9-3-21-48(56)49-22-4-10-27-57(49)65/h1-3,5-9,11-40H,4,10H2. The lowest BCUT2D eigenvalue weighted by atomic mass is 9.69. The highest BCUT2D eigenvalue weighted by atomic mass is 16.3. The molecule has 3 aliphatic carbocycles. The Labute approximate surface area is 393 Å². The van der Waals surface area contributed by atoms with Crippen LogP contribution < -0.4 is 4.90 Å². The Morgan fingerprint density at radius 1 is 0.412 bits per heavy atom. The Morgan fingerprint density at radius 2 is 1.04 bits per heavy atom. The van der Waals surface area contributed by atoms with Crippen molar-refractivity contribution in [3.8, 4) is 27.9 Å². The van der Waals surface area contributed by atoms with Crippen molar-refractivity contribution in [2.75, 3.05) is 4.90 Å². The maximum Gasteiger partial charge on any atom is 0.136 e. The maximum absolute atomic E-state index is 6.53. The monoisotopic (exact) mass is 866 g/mol. The first-order valence-corrected chi connectivity index (χ1v) is 23.8. The normalized spacial score (nSPS) is 15.8. The first-order valence-electron chi connectivity index (χ1n) is 23.8. The van der Waals surface area contributed by atoms with E-state index in [2.05, 4.69) is 240 Å². The molecule has 1 atom stereocenters. The lowest BCUT2D eigenvalue weighted by molar-refractivity contribution is 0.669. The van der Waals surface area contributed by atoms with E-state index in [-0.39, 0.29) is 0 Å². The molecule has 318 valence electrons. The minimum absolute atomic E-state index is 0.432. The minimum atomic E-state index is -0.432. The van der Waals surface area contributed by atoms with Crippen molar-refractivity contribution in [2.45, 2.75) is 18.3 Å². The lowest BCUT2D eigenvalue weighted by Crippen LogP contribution is -2.26. The van der Waals surface area contributed by atoms with Crippen LogP contribution in [0.4, 0.5) is 17.1 Å². The van der Waals surface area contributed by atoms with Crippen LogP contribution in [0.25, 0.3) is 88.0 Å². The molecule has 0 saturated heterocycles. The van der Waals surface area contributed by atoms with Crippen molar-refractivity contribution in [3.05, 3.63) is 258 Å². The third-order valence-electron chi connectivity index (χ3n) is 15.2. The van der Waals surface area contributed by atoms with Gasteiger partial charge in [0.25, 0.3) is 0 Å². The van der Waals surface area contributed by atoms with Gasteiger partial charge in [-0.2, -0.15) is 0 Å². The van der Waals surface area contributed by atoms with Crippen LogP contribution in [0.2, 0.25) is 0 Å². The van der Waals surface area contributed by atoms with E-state index >= 15 is 0 Å². The maximum atomic E-state index is 6.53. The van der Waals surface area contributed by atoms with Gasteiger partial charge in [0.1, 0.15) is 11.2 Å². The van der Waals surface area contributed by atoms with Crippen LogP contribution in [-0.2, 0) is 5.41 Å². The van der Waals surface area contributed by atoms with Gasteiger partial charge in [-0.15, -0.1) is 0 Å². The summed E-state index contributed by atoms with van der Waals surface area (Å²) in [6.07, 6.45) is 7.11. The van der Waals surface area contributed by atoms with Crippen LogP contribution in [0.3, 0.4) is 0 Å². The molecule has 2 heterocycles. The quantitative estimate of drug-likeness (QED) is 0.172. The van der Waals surface area contributed by atoms with Crippen LogP contribution in [0, 0.1) is 0 Å². The SMILES string of the molecule is C1=C2C(=CCC1)C1(c3ccccc32)c2ccccc2-c2ccc(N(c3cccc(-n4c5ccccc5c5ccccc54)c3)c3ccccc3-c3ccc4oc5cc6ccccc6cc5c4c3)cc21. The Morgan fingerprint density at radius 3 is 1.87 bits per heavy atom. The van der Waals surface area contributed by atoms with Crippen LogP contribution in [0.1, 0.15) is 35.1 Å². The topological polar surface area (TPSA) is 21.3 Å². The predicted molar refractivity (Wildman–Crippen MR) is 283 cm³/mol. The van der Waals surface area contributed by atoms with E-state index in [4.69, 9.17) is 4.42 Å². The number of hydrogen-bond donors (Lipinski definition) is 0. The molecule has 0 saturated carbocycles. The number of benzene rings is 10.